The Hall–Kier alpha value is -2.72. The van der Waals surface area contributed by atoms with Gasteiger partial charge in [0, 0.05) is 24.7 Å². The molecule has 2 heterocycles. The van der Waals surface area contributed by atoms with E-state index in [4.69, 9.17) is 4.52 Å². The molecule has 0 aliphatic carbocycles. The van der Waals surface area contributed by atoms with Gasteiger partial charge >= 0.3 is 0 Å². The second kappa shape index (κ2) is 8.97. The fourth-order valence-electron chi connectivity index (χ4n) is 3.24. The van der Waals surface area contributed by atoms with Crippen molar-refractivity contribution in [3.8, 4) is 0 Å². The van der Waals surface area contributed by atoms with Gasteiger partial charge in [-0.3, -0.25) is 9.59 Å². The van der Waals surface area contributed by atoms with Gasteiger partial charge in [-0.25, -0.2) is 8.42 Å². The minimum atomic E-state index is -3.96. The normalized spacial score (nSPS) is 16.0. The number of aromatic nitrogens is 1. The largest absolute Gasteiger partial charge is 0.360 e. The van der Waals surface area contributed by atoms with Crippen LogP contribution in [0, 0.1) is 12.8 Å². The van der Waals surface area contributed by atoms with Crippen LogP contribution in [-0.4, -0.2) is 38.0 Å². The van der Waals surface area contributed by atoms with E-state index in [1.165, 1.54) is 12.1 Å². The van der Waals surface area contributed by atoms with Gasteiger partial charge < -0.3 is 14.7 Å². The maximum atomic E-state index is 12.9. The number of rotatable bonds is 7. The van der Waals surface area contributed by atoms with E-state index in [0.29, 0.717) is 24.4 Å². The van der Waals surface area contributed by atoms with Crippen LogP contribution in [0.15, 0.2) is 39.8 Å². The number of sulfonamides is 1. The molecule has 1 fully saturated rings. The summed E-state index contributed by atoms with van der Waals surface area (Å²) in [7, 11) is -3.96. The van der Waals surface area contributed by atoms with Gasteiger partial charge in [-0.1, -0.05) is 19.0 Å². The van der Waals surface area contributed by atoms with Crippen molar-refractivity contribution in [1.82, 2.24) is 9.88 Å². The van der Waals surface area contributed by atoms with E-state index in [-0.39, 0.29) is 22.5 Å². The molecule has 10 heteroatoms. The average molecular weight is 435 g/mol. The number of carbonyl (C=O) groups is 2. The van der Waals surface area contributed by atoms with Crippen molar-refractivity contribution in [2.24, 2.45) is 5.92 Å². The van der Waals surface area contributed by atoms with E-state index in [0.717, 1.165) is 12.8 Å². The van der Waals surface area contributed by atoms with E-state index in [1.807, 2.05) is 0 Å². The Kier molecular flexibility index (Phi) is 6.57. The van der Waals surface area contributed by atoms with Crippen LogP contribution in [0.25, 0.3) is 0 Å². The van der Waals surface area contributed by atoms with Crippen LogP contribution in [0.5, 0.6) is 0 Å². The summed E-state index contributed by atoms with van der Waals surface area (Å²) >= 11 is 0. The molecule has 30 heavy (non-hydrogen) atoms. The fraction of sp³-hybridized carbons (Fsp3) is 0.450. The Morgan fingerprint density at radius 3 is 2.47 bits per heavy atom. The molecule has 0 radical (unpaired) electrons. The molecule has 0 unspecified atom stereocenters. The smallest absolute Gasteiger partial charge is 0.244 e. The molecule has 1 aromatic heterocycles. The van der Waals surface area contributed by atoms with Crippen molar-refractivity contribution in [3.63, 3.8) is 0 Å². The predicted molar refractivity (Wildman–Crippen MR) is 111 cm³/mol. The van der Waals surface area contributed by atoms with Crippen LogP contribution >= 0.6 is 0 Å². The monoisotopic (exact) mass is 434 g/mol. The zero-order valence-corrected chi connectivity index (χ0v) is 18.0. The second-order valence-electron chi connectivity index (χ2n) is 7.65. The number of amides is 2. The molecule has 0 saturated carbocycles. The zero-order valence-electron chi connectivity index (χ0n) is 17.2. The van der Waals surface area contributed by atoms with E-state index < -0.39 is 22.0 Å². The SMILES string of the molecule is Cc1cc(NC(=O)[C@@H](NS(=O)(=O)c2ccc(N3CCCCC3=O)cc2)C(C)C)no1. The first-order valence-electron chi connectivity index (χ1n) is 9.84. The Morgan fingerprint density at radius 1 is 1.20 bits per heavy atom. The molecule has 0 bridgehead atoms. The third kappa shape index (κ3) is 5.06. The van der Waals surface area contributed by atoms with Crippen LogP contribution < -0.4 is 14.9 Å². The van der Waals surface area contributed by atoms with E-state index in [1.54, 1.807) is 43.9 Å². The maximum absolute atomic E-state index is 12.9. The van der Waals surface area contributed by atoms with Crippen LogP contribution in [0.4, 0.5) is 11.5 Å². The Labute approximate surface area is 175 Å². The average Bonchev–Trinajstić information content (AvgIpc) is 3.11. The van der Waals surface area contributed by atoms with Crippen LogP contribution in [-0.2, 0) is 19.6 Å². The highest BCUT2D eigenvalue weighted by Crippen LogP contribution is 2.23. The lowest BCUT2D eigenvalue weighted by molar-refractivity contribution is -0.120. The van der Waals surface area contributed by atoms with Crippen LogP contribution in [0.1, 0.15) is 38.9 Å². The number of carbonyl (C=O) groups excluding carboxylic acids is 2. The van der Waals surface area contributed by atoms with Gasteiger partial charge in [0.1, 0.15) is 11.8 Å². The highest BCUT2D eigenvalue weighted by molar-refractivity contribution is 7.89. The number of hydrogen-bond donors (Lipinski definition) is 2. The number of nitrogens with zero attached hydrogens (tertiary/aromatic N) is 2. The molecule has 1 aliphatic rings. The Balaban J connectivity index is 1.74. The molecule has 9 nitrogen and oxygen atoms in total. The summed E-state index contributed by atoms with van der Waals surface area (Å²) in [5.41, 5.74) is 0.665. The van der Waals surface area contributed by atoms with Crippen molar-refractivity contribution in [1.29, 1.82) is 0 Å². The van der Waals surface area contributed by atoms with Crippen molar-refractivity contribution >= 4 is 33.3 Å². The summed E-state index contributed by atoms with van der Waals surface area (Å²) in [6.45, 7) is 5.80. The number of hydrogen-bond acceptors (Lipinski definition) is 6. The fourth-order valence-corrected chi connectivity index (χ4v) is 4.58. The molecule has 1 aliphatic heterocycles. The minimum absolute atomic E-state index is 0.0199. The number of anilines is 2. The number of aryl methyl sites for hydroxylation is 1. The first-order valence-corrected chi connectivity index (χ1v) is 11.3. The van der Waals surface area contributed by atoms with Crippen LogP contribution in [0.2, 0.25) is 0 Å². The zero-order chi connectivity index (χ0) is 21.9. The van der Waals surface area contributed by atoms with E-state index in [2.05, 4.69) is 15.2 Å². The van der Waals surface area contributed by atoms with Crippen molar-refractivity contribution in [2.75, 3.05) is 16.8 Å². The molecule has 1 saturated heterocycles. The van der Waals surface area contributed by atoms with Gasteiger partial charge in [-0.05, 0) is 49.9 Å². The van der Waals surface area contributed by atoms with Crippen molar-refractivity contribution in [2.45, 2.75) is 51.0 Å². The lowest BCUT2D eigenvalue weighted by Crippen LogP contribution is -2.47. The highest BCUT2D eigenvalue weighted by Gasteiger charge is 2.29. The summed E-state index contributed by atoms with van der Waals surface area (Å²) < 4.78 is 33.1. The van der Waals surface area contributed by atoms with Crippen molar-refractivity contribution < 1.29 is 22.5 Å². The molecule has 2 N–H and O–H groups in total. The number of benzene rings is 1. The molecule has 1 atom stereocenters. The van der Waals surface area contributed by atoms with E-state index >= 15 is 0 Å². The highest BCUT2D eigenvalue weighted by atomic mass is 32.2. The summed E-state index contributed by atoms with van der Waals surface area (Å²) in [4.78, 5) is 26.4. The van der Waals surface area contributed by atoms with Crippen molar-refractivity contribution in [3.05, 3.63) is 36.1 Å². The topological polar surface area (TPSA) is 122 Å². The predicted octanol–water partition coefficient (Wildman–Crippen LogP) is 2.44. The molecule has 162 valence electrons. The molecular weight excluding hydrogens is 408 g/mol. The first kappa shape index (κ1) is 22.0. The molecule has 2 aromatic rings. The Bertz CT molecular complexity index is 1010. The van der Waals surface area contributed by atoms with Gasteiger partial charge in [-0.2, -0.15) is 4.72 Å². The van der Waals surface area contributed by atoms with Crippen LogP contribution in [0.3, 0.4) is 0 Å². The summed E-state index contributed by atoms with van der Waals surface area (Å²) in [5, 5.41) is 6.26. The van der Waals surface area contributed by atoms with Gasteiger partial charge in [0.2, 0.25) is 21.8 Å². The number of piperidine rings is 1. The Morgan fingerprint density at radius 2 is 1.90 bits per heavy atom. The third-order valence-electron chi connectivity index (χ3n) is 4.89. The van der Waals surface area contributed by atoms with E-state index in [9.17, 15) is 18.0 Å². The van der Waals surface area contributed by atoms with Gasteiger partial charge in [-0.15, -0.1) is 0 Å². The summed E-state index contributed by atoms with van der Waals surface area (Å²) in [6, 6.07) is 6.65. The lowest BCUT2D eigenvalue weighted by atomic mass is 10.1. The molecule has 3 rings (SSSR count). The summed E-state index contributed by atoms with van der Waals surface area (Å²) in [5.74, 6) is -0.0535. The molecule has 0 spiro atoms. The standard InChI is InChI=1S/C20H26N4O5S/c1-13(2)19(20(26)21-17-12-14(3)29-22-17)23-30(27,28)16-9-7-15(8-10-16)24-11-5-4-6-18(24)25/h7-10,12-13,19,23H,4-6,11H2,1-3H3,(H,21,22,26)/t19-/m0/s1. The third-order valence-corrected chi connectivity index (χ3v) is 6.35. The van der Waals surface area contributed by atoms with Gasteiger partial charge in [0.15, 0.2) is 5.82 Å². The second-order valence-corrected chi connectivity index (χ2v) is 9.37. The molecular formula is C20H26N4O5S. The van der Waals surface area contributed by atoms with Gasteiger partial charge in [0.25, 0.3) is 0 Å². The lowest BCUT2D eigenvalue weighted by Gasteiger charge is -2.27. The first-order chi connectivity index (χ1) is 14.2. The number of nitrogens with one attached hydrogen (secondary N) is 2. The quantitative estimate of drug-likeness (QED) is 0.690. The molecule has 2 amide bonds. The van der Waals surface area contributed by atoms with Gasteiger partial charge in [0.05, 0.1) is 4.90 Å². The maximum Gasteiger partial charge on any atom is 0.244 e. The minimum Gasteiger partial charge on any atom is -0.360 e. The molecule has 1 aromatic carbocycles. The summed E-state index contributed by atoms with van der Waals surface area (Å²) in [6.07, 6.45) is 2.29.